The van der Waals surface area contributed by atoms with Gasteiger partial charge in [0.1, 0.15) is 5.92 Å². The summed E-state index contributed by atoms with van der Waals surface area (Å²) >= 11 is 0. The van der Waals surface area contributed by atoms with E-state index in [-0.39, 0.29) is 11.8 Å². The summed E-state index contributed by atoms with van der Waals surface area (Å²) in [6.45, 7) is 2.11. The molecule has 0 aromatic rings. The maximum Gasteiger partial charge on any atom is 0.332 e. The van der Waals surface area contributed by atoms with Crippen molar-refractivity contribution in [1.29, 1.82) is 0 Å². The van der Waals surface area contributed by atoms with Crippen molar-refractivity contribution in [2.24, 2.45) is 5.92 Å². The van der Waals surface area contributed by atoms with E-state index in [2.05, 4.69) is 6.92 Å². The number of rotatable bonds is 5. The van der Waals surface area contributed by atoms with Crippen molar-refractivity contribution in [3.8, 4) is 0 Å². The molecule has 0 N–H and O–H groups in total. The van der Waals surface area contributed by atoms with Gasteiger partial charge in [-0.15, -0.1) is 0 Å². The molecule has 0 aromatic carbocycles. The van der Waals surface area contributed by atoms with Crippen LogP contribution in [0.3, 0.4) is 0 Å². The van der Waals surface area contributed by atoms with Gasteiger partial charge in [0.15, 0.2) is 0 Å². The van der Waals surface area contributed by atoms with E-state index >= 15 is 0 Å². The van der Waals surface area contributed by atoms with Crippen molar-refractivity contribution in [3.63, 3.8) is 0 Å². The zero-order valence-corrected chi connectivity index (χ0v) is 10.7. The number of carbonyl (C=O) groups is 3. The van der Waals surface area contributed by atoms with Gasteiger partial charge in [0.05, 0.1) is 0 Å². The van der Waals surface area contributed by atoms with Crippen LogP contribution in [0.2, 0.25) is 0 Å². The van der Waals surface area contributed by atoms with Crippen LogP contribution >= 0.6 is 0 Å². The summed E-state index contributed by atoms with van der Waals surface area (Å²) in [5, 5.41) is 0. The lowest BCUT2D eigenvalue weighted by molar-refractivity contribution is -0.147. The third-order valence-corrected chi connectivity index (χ3v) is 3.18. The van der Waals surface area contributed by atoms with Crippen molar-refractivity contribution < 1.29 is 14.4 Å². The van der Waals surface area contributed by atoms with E-state index < -0.39 is 11.9 Å². The highest BCUT2D eigenvalue weighted by atomic mass is 16.2. The van der Waals surface area contributed by atoms with E-state index in [0.717, 1.165) is 35.5 Å². The Balaban J connectivity index is 2.60. The van der Waals surface area contributed by atoms with E-state index in [4.69, 9.17) is 0 Å². The summed E-state index contributed by atoms with van der Waals surface area (Å²) in [5.41, 5.74) is 0. The minimum Gasteiger partial charge on any atom is -0.273 e. The van der Waals surface area contributed by atoms with Gasteiger partial charge in [-0.25, -0.2) is 4.79 Å². The van der Waals surface area contributed by atoms with Crippen LogP contribution in [0.4, 0.5) is 4.79 Å². The van der Waals surface area contributed by atoms with Crippen molar-refractivity contribution in [1.82, 2.24) is 9.80 Å². The molecule has 5 nitrogen and oxygen atoms in total. The third kappa shape index (κ3) is 2.84. The summed E-state index contributed by atoms with van der Waals surface area (Å²) in [7, 11) is 2.85. The van der Waals surface area contributed by atoms with Crippen molar-refractivity contribution in [2.75, 3.05) is 14.1 Å². The number of carbonyl (C=O) groups excluding carboxylic acids is 3. The largest absolute Gasteiger partial charge is 0.332 e. The number of hydrogen-bond acceptors (Lipinski definition) is 3. The van der Waals surface area contributed by atoms with Gasteiger partial charge in [-0.2, -0.15) is 0 Å². The molecule has 17 heavy (non-hydrogen) atoms. The maximum absolute atomic E-state index is 11.8. The topological polar surface area (TPSA) is 57.7 Å². The Morgan fingerprint density at radius 3 is 1.94 bits per heavy atom. The second-order valence-electron chi connectivity index (χ2n) is 4.48. The number of imide groups is 2. The Morgan fingerprint density at radius 1 is 0.941 bits per heavy atom. The molecule has 96 valence electrons. The quantitative estimate of drug-likeness (QED) is 0.542. The highest BCUT2D eigenvalue weighted by molar-refractivity contribution is 6.15. The van der Waals surface area contributed by atoms with Crippen LogP contribution in [0.5, 0.6) is 0 Å². The number of amides is 4. The summed E-state index contributed by atoms with van der Waals surface area (Å²) in [5.74, 6) is -1.40. The van der Waals surface area contributed by atoms with Gasteiger partial charge in [0, 0.05) is 14.1 Å². The highest BCUT2D eigenvalue weighted by Gasteiger charge is 2.41. The van der Waals surface area contributed by atoms with Gasteiger partial charge in [0.25, 0.3) is 0 Å². The fourth-order valence-corrected chi connectivity index (χ4v) is 2.01. The molecule has 0 saturated carbocycles. The Kier molecular flexibility index (Phi) is 4.66. The Labute approximate surface area is 102 Å². The molecule has 5 heteroatoms. The molecule has 1 aliphatic heterocycles. The van der Waals surface area contributed by atoms with Gasteiger partial charge in [-0.1, -0.05) is 32.6 Å². The molecule has 1 fully saturated rings. The molecule has 0 spiro atoms. The monoisotopic (exact) mass is 240 g/mol. The second-order valence-corrected chi connectivity index (χ2v) is 4.48. The first-order chi connectivity index (χ1) is 8.00. The molecule has 1 aliphatic rings. The predicted molar refractivity (Wildman–Crippen MR) is 63.2 cm³/mol. The van der Waals surface area contributed by atoms with Gasteiger partial charge in [0.2, 0.25) is 11.8 Å². The van der Waals surface area contributed by atoms with Crippen LogP contribution < -0.4 is 0 Å². The Bertz CT molecular complexity index is 304. The number of hydrogen-bond donors (Lipinski definition) is 0. The van der Waals surface area contributed by atoms with E-state index in [1.54, 1.807) is 0 Å². The predicted octanol–water partition coefficient (Wildman–Crippen LogP) is 1.62. The maximum atomic E-state index is 11.8. The van der Waals surface area contributed by atoms with E-state index in [9.17, 15) is 14.4 Å². The summed E-state index contributed by atoms with van der Waals surface area (Å²) in [6, 6.07) is -0.537. The Hall–Kier alpha value is -1.39. The molecular formula is C12H20N2O3. The lowest BCUT2D eigenvalue weighted by Gasteiger charge is -2.32. The molecule has 1 heterocycles. The van der Waals surface area contributed by atoms with Crippen LogP contribution in [0, 0.1) is 5.92 Å². The summed E-state index contributed by atoms with van der Waals surface area (Å²) < 4.78 is 0. The van der Waals surface area contributed by atoms with Crippen molar-refractivity contribution in [2.45, 2.75) is 39.0 Å². The fourth-order valence-electron chi connectivity index (χ4n) is 2.01. The number of urea groups is 1. The zero-order chi connectivity index (χ0) is 13.0. The van der Waals surface area contributed by atoms with Gasteiger partial charge in [-0.05, 0) is 6.42 Å². The zero-order valence-electron chi connectivity index (χ0n) is 10.7. The second kappa shape index (κ2) is 5.80. The molecule has 0 radical (unpaired) electrons. The standard InChI is InChI=1S/C12H20N2O3/c1-4-5-6-7-8-9-10(15)13(2)12(17)14(3)11(9)16/h9H,4-8H2,1-3H3. The minimum absolute atomic E-state index is 0.366. The molecule has 1 rings (SSSR count). The SMILES string of the molecule is CCCCCCC1C(=O)N(C)C(=O)N(C)C1=O. The van der Waals surface area contributed by atoms with Crippen LogP contribution in [0.1, 0.15) is 39.0 Å². The minimum atomic E-state index is -0.667. The smallest absolute Gasteiger partial charge is 0.273 e. The van der Waals surface area contributed by atoms with Gasteiger partial charge in [-0.3, -0.25) is 19.4 Å². The van der Waals surface area contributed by atoms with E-state index in [0.29, 0.717) is 6.42 Å². The lowest BCUT2D eigenvalue weighted by atomic mass is 9.96. The average Bonchev–Trinajstić information content (AvgIpc) is 2.33. The van der Waals surface area contributed by atoms with Gasteiger partial charge < -0.3 is 0 Å². The van der Waals surface area contributed by atoms with Crippen LogP contribution in [-0.2, 0) is 9.59 Å². The molecule has 0 atom stereocenters. The van der Waals surface area contributed by atoms with Crippen LogP contribution in [0.25, 0.3) is 0 Å². The normalized spacial score (nSPS) is 18.2. The van der Waals surface area contributed by atoms with Crippen molar-refractivity contribution >= 4 is 17.8 Å². The number of nitrogens with zero attached hydrogens (tertiary/aromatic N) is 2. The molecule has 0 bridgehead atoms. The number of unbranched alkanes of at least 4 members (excludes halogenated alkanes) is 3. The molecule has 4 amide bonds. The van der Waals surface area contributed by atoms with Gasteiger partial charge >= 0.3 is 6.03 Å². The lowest BCUT2D eigenvalue weighted by Crippen LogP contribution is -2.56. The summed E-state index contributed by atoms with van der Waals surface area (Å²) in [6.07, 6.45) is 4.64. The van der Waals surface area contributed by atoms with Crippen LogP contribution in [-0.4, -0.2) is 41.7 Å². The van der Waals surface area contributed by atoms with Crippen molar-refractivity contribution in [3.05, 3.63) is 0 Å². The average molecular weight is 240 g/mol. The highest BCUT2D eigenvalue weighted by Crippen LogP contribution is 2.20. The van der Waals surface area contributed by atoms with E-state index in [1.165, 1.54) is 14.1 Å². The van der Waals surface area contributed by atoms with E-state index in [1.807, 2.05) is 0 Å². The number of barbiturate groups is 1. The molecule has 1 saturated heterocycles. The molecule has 0 aromatic heterocycles. The first-order valence-electron chi connectivity index (χ1n) is 6.09. The molecule has 0 unspecified atom stereocenters. The first kappa shape index (κ1) is 13.7. The first-order valence-corrected chi connectivity index (χ1v) is 6.09. The van der Waals surface area contributed by atoms with Crippen LogP contribution in [0.15, 0.2) is 0 Å². The molecular weight excluding hydrogens is 220 g/mol. The fraction of sp³-hybridized carbons (Fsp3) is 0.750. The summed E-state index contributed by atoms with van der Waals surface area (Å²) in [4.78, 5) is 37.2. The Morgan fingerprint density at radius 2 is 1.47 bits per heavy atom. The third-order valence-electron chi connectivity index (χ3n) is 3.18. The molecule has 0 aliphatic carbocycles.